The topological polar surface area (TPSA) is 64.1 Å². The molecule has 1 amide bonds. The molecular formula is C18H34ClN3O3. The van der Waals surface area contributed by atoms with E-state index in [0.717, 1.165) is 45.6 Å². The second-order valence-electron chi connectivity index (χ2n) is 7.71. The lowest BCUT2D eigenvalue weighted by Crippen LogP contribution is -2.51. The summed E-state index contributed by atoms with van der Waals surface area (Å²) in [6.07, 6.45) is 3.11. The van der Waals surface area contributed by atoms with E-state index in [4.69, 9.17) is 5.11 Å². The van der Waals surface area contributed by atoms with Crippen molar-refractivity contribution in [3.05, 3.63) is 0 Å². The fraction of sp³-hybridized carbons (Fsp3) is 0.889. The first-order chi connectivity index (χ1) is 11.4. The van der Waals surface area contributed by atoms with Crippen LogP contribution < -0.4 is 0 Å². The lowest BCUT2D eigenvalue weighted by atomic mass is 9.92. The van der Waals surface area contributed by atoms with E-state index >= 15 is 0 Å². The second-order valence-corrected chi connectivity index (χ2v) is 7.71. The minimum absolute atomic E-state index is 0. The Morgan fingerprint density at radius 3 is 2.16 bits per heavy atom. The predicted molar refractivity (Wildman–Crippen MR) is 101 cm³/mol. The number of likely N-dealkylation sites (tertiary alicyclic amines) is 2. The summed E-state index contributed by atoms with van der Waals surface area (Å²) >= 11 is 0. The van der Waals surface area contributed by atoms with E-state index in [1.807, 2.05) is 16.7 Å². The molecule has 0 aromatic rings. The van der Waals surface area contributed by atoms with E-state index in [9.17, 15) is 9.59 Å². The smallest absolute Gasteiger partial charge is 0.317 e. The summed E-state index contributed by atoms with van der Waals surface area (Å²) in [5.74, 6) is 0.683. The number of amides is 1. The molecule has 1 N–H and O–H groups in total. The number of carboxylic acid groups (broad SMARTS) is 1. The molecule has 146 valence electrons. The van der Waals surface area contributed by atoms with Crippen molar-refractivity contribution in [3.63, 3.8) is 0 Å². The van der Waals surface area contributed by atoms with Crippen LogP contribution in [-0.2, 0) is 9.59 Å². The summed E-state index contributed by atoms with van der Waals surface area (Å²) in [7, 11) is 0. The first-order valence-electron chi connectivity index (χ1n) is 9.35. The molecule has 2 aliphatic heterocycles. The zero-order valence-corrected chi connectivity index (χ0v) is 16.6. The van der Waals surface area contributed by atoms with Crippen LogP contribution in [0.15, 0.2) is 0 Å². The van der Waals surface area contributed by atoms with Gasteiger partial charge in [0.15, 0.2) is 0 Å². The third kappa shape index (κ3) is 6.76. The van der Waals surface area contributed by atoms with Crippen LogP contribution in [0.2, 0.25) is 0 Å². The quantitative estimate of drug-likeness (QED) is 0.766. The van der Waals surface area contributed by atoms with Gasteiger partial charge in [-0.25, -0.2) is 0 Å². The lowest BCUT2D eigenvalue weighted by molar-refractivity contribution is -0.139. The number of aliphatic carboxylic acids is 1. The van der Waals surface area contributed by atoms with E-state index in [1.165, 1.54) is 6.42 Å². The van der Waals surface area contributed by atoms with E-state index in [1.54, 1.807) is 0 Å². The van der Waals surface area contributed by atoms with Gasteiger partial charge in [-0.15, -0.1) is 12.4 Å². The van der Waals surface area contributed by atoms with E-state index in [0.29, 0.717) is 24.4 Å². The van der Waals surface area contributed by atoms with Gasteiger partial charge in [-0.05, 0) is 37.6 Å². The first kappa shape index (κ1) is 22.2. The van der Waals surface area contributed by atoms with Gasteiger partial charge in [-0.2, -0.15) is 0 Å². The number of rotatable bonds is 6. The van der Waals surface area contributed by atoms with Crippen LogP contribution >= 0.6 is 12.4 Å². The van der Waals surface area contributed by atoms with Crippen molar-refractivity contribution in [1.29, 1.82) is 0 Å². The normalized spacial score (nSPS) is 25.7. The van der Waals surface area contributed by atoms with Crippen molar-refractivity contribution in [1.82, 2.24) is 14.7 Å². The van der Waals surface area contributed by atoms with Crippen LogP contribution in [-0.4, -0.2) is 83.5 Å². The Morgan fingerprint density at radius 1 is 1.12 bits per heavy atom. The van der Waals surface area contributed by atoms with Crippen LogP contribution in [0, 0.1) is 11.8 Å². The number of carbonyl (C=O) groups excluding carboxylic acids is 1. The number of nitrogens with zero attached hydrogens (tertiary/aromatic N) is 3. The second kappa shape index (κ2) is 10.3. The van der Waals surface area contributed by atoms with Crippen molar-refractivity contribution >= 4 is 24.3 Å². The fourth-order valence-corrected chi connectivity index (χ4v) is 4.27. The monoisotopic (exact) mass is 375 g/mol. The van der Waals surface area contributed by atoms with Gasteiger partial charge < -0.3 is 10.0 Å². The SMILES string of the molecule is CCN(CC(=O)O)C1CCN(CC(=O)N2CC(C)CC(C)C2)CC1.Cl. The van der Waals surface area contributed by atoms with Crippen LogP contribution in [0.1, 0.15) is 40.0 Å². The van der Waals surface area contributed by atoms with Crippen LogP contribution in [0.5, 0.6) is 0 Å². The van der Waals surface area contributed by atoms with Gasteiger partial charge in [0.1, 0.15) is 0 Å². The number of likely N-dealkylation sites (N-methyl/N-ethyl adjacent to an activating group) is 1. The molecule has 2 rings (SSSR count). The molecule has 0 aliphatic carbocycles. The van der Waals surface area contributed by atoms with Gasteiger partial charge in [0.2, 0.25) is 5.91 Å². The molecule has 7 heteroatoms. The molecule has 0 saturated carbocycles. The molecule has 2 atom stereocenters. The molecule has 2 fully saturated rings. The highest BCUT2D eigenvalue weighted by Gasteiger charge is 2.29. The third-order valence-corrected chi connectivity index (χ3v) is 5.40. The van der Waals surface area contributed by atoms with Crippen LogP contribution in [0.25, 0.3) is 0 Å². The number of hydrogen-bond acceptors (Lipinski definition) is 4. The Kier molecular flexibility index (Phi) is 9.17. The average Bonchev–Trinajstić information content (AvgIpc) is 2.52. The highest BCUT2D eigenvalue weighted by molar-refractivity contribution is 5.85. The Hall–Kier alpha value is -0.850. The molecule has 6 nitrogen and oxygen atoms in total. The van der Waals surface area contributed by atoms with Gasteiger partial charge >= 0.3 is 5.97 Å². The van der Waals surface area contributed by atoms with Crippen molar-refractivity contribution < 1.29 is 14.7 Å². The Bertz CT molecular complexity index is 431. The fourth-order valence-electron chi connectivity index (χ4n) is 4.27. The van der Waals surface area contributed by atoms with Gasteiger partial charge in [0.25, 0.3) is 0 Å². The highest BCUT2D eigenvalue weighted by Crippen LogP contribution is 2.22. The van der Waals surface area contributed by atoms with Crippen molar-refractivity contribution in [2.24, 2.45) is 11.8 Å². The number of piperidine rings is 2. The molecule has 0 aromatic carbocycles. The van der Waals surface area contributed by atoms with Crippen LogP contribution in [0.3, 0.4) is 0 Å². The third-order valence-electron chi connectivity index (χ3n) is 5.40. The minimum atomic E-state index is -0.761. The summed E-state index contributed by atoms with van der Waals surface area (Å²) in [6, 6.07) is 0.326. The molecule has 0 spiro atoms. The van der Waals surface area contributed by atoms with Gasteiger partial charge in [-0.3, -0.25) is 19.4 Å². The molecular weight excluding hydrogens is 342 g/mol. The maximum atomic E-state index is 12.6. The molecule has 2 saturated heterocycles. The average molecular weight is 376 g/mol. The number of carbonyl (C=O) groups is 2. The van der Waals surface area contributed by atoms with Crippen molar-refractivity contribution in [2.75, 3.05) is 45.8 Å². The molecule has 0 aromatic heterocycles. The number of hydrogen-bond donors (Lipinski definition) is 1. The molecule has 0 radical (unpaired) electrons. The minimum Gasteiger partial charge on any atom is -0.480 e. The van der Waals surface area contributed by atoms with Gasteiger partial charge in [-0.1, -0.05) is 20.8 Å². The van der Waals surface area contributed by atoms with Gasteiger partial charge in [0.05, 0.1) is 13.1 Å². The summed E-state index contributed by atoms with van der Waals surface area (Å²) in [4.78, 5) is 29.8. The largest absolute Gasteiger partial charge is 0.480 e. The highest BCUT2D eigenvalue weighted by atomic mass is 35.5. The van der Waals surface area contributed by atoms with Crippen molar-refractivity contribution in [2.45, 2.75) is 46.1 Å². The molecule has 2 heterocycles. The number of carboxylic acids is 1. The summed E-state index contributed by atoms with van der Waals surface area (Å²) in [5.41, 5.74) is 0. The summed E-state index contributed by atoms with van der Waals surface area (Å²) in [5, 5.41) is 9.00. The van der Waals surface area contributed by atoms with E-state index < -0.39 is 5.97 Å². The Labute approximate surface area is 157 Å². The number of halogens is 1. The zero-order valence-electron chi connectivity index (χ0n) is 15.8. The lowest BCUT2D eigenvalue weighted by Gasteiger charge is -2.39. The summed E-state index contributed by atoms with van der Waals surface area (Å²) < 4.78 is 0. The molecule has 0 bridgehead atoms. The van der Waals surface area contributed by atoms with E-state index in [-0.39, 0.29) is 24.9 Å². The van der Waals surface area contributed by atoms with Crippen molar-refractivity contribution in [3.8, 4) is 0 Å². The first-order valence-corrected chi connectivity index (χ1v) is 9.35. The maximum absolute atomic E-state index is 12.6. The summed E-state index contributed by atoms with van der Waals surface area (Å²) in [6.45, 7) is 11.4. The predicted octanol–water partition coefficient (Wildman–Crippen LogP) is 1.78. The Balaban J connectivity index is 0.00000312. The van der Waals surface area contributed by atoms with Crippen LogP contribution in [0.4, 0.5) is 0 Å². The van der Waals surface area contributed by atoms with Gasteiger partial charge in [0, 0.05) is 32.2 Å². The molecule has 2 aliphatic rings. The molecule has 25 heavy (non-hydrogen) atoms. The Morgan fingerprint density at radius 2 is 1.68 bits per heavy atom. The zero-order chi connectivity index (χ0) is 17.7. The molecule has 2 unspecified atom stereocenters. The maximum Gasteiger partial charge on any atom is 0.317 e. The van der Waals surface area contributed by atoms with E-state index in [2.05, 4.69) is 18.7 Å². The standard InChI is InChI=1S/C18H33N3O3.ClH/c1-4-20(13-18(23)24)16-5-7-19(8-6-16)12-17(22)21-10-14(2)9-15(3)11-21;/h14-16H,4-13H2,1-3H3,(H,23,24);1H.